The summed E-state index contributed by atoms with van der Waals surface area (Å²) in [6, 6.07) is 38.4. The van der Waals surface area contributed by atoms with Crippen LogP contribution in [0.1, 0.15) is 274 Å². The highest BCUT2D eigenvalue weighted by molar-refractivity contribution is 6.13. The molecule has 9 heteroatoms. The SMILES string of the molecule is [2H]C([2H])([2H])CC1(C([2H])([2H])C([2H])([2H])[2H])c2ccccc2-c2cc3c(nc21)oc1c(-c2cc(C([2H])([2H])[2H])c(C([2H])(C)C([2H])([2H])[2H])c[n+]2C)c(C)ccc13.[2H]C([2H])([2H])c1cc(-c2c(C)ccc3c2oc2nc4c(cc23)-c2ccccc2C4(C([2H])(C)C([2H])([2H])[2H])C([2H])(C([2H])([2H])[2H])C([2H])([2H])[2H])[n+](C)cc1C([2H])(C)C([2H])([2H])[2H].[2H]C([2H])([2H])c1cc(-c2c(C)ccc3c2oc2nc4c(cc23)-c2ccccc2C4(C([2H])([2H])[2H])C([2H])([2H])[2H])[n+](C)cc1C([2H])(C)C([2H])([2H])[2H]. The molecule has 108 heavy (non-hydrogen) atoms. The molecule has 6 aromatic carbocycles. The van der Waals surface area contributed by atoms with Crippen LogP contribution in [0.3, 0.4) is 0 Å². The number of furan rings is 3. The van der Waals surface area contributed by atoms with E-state index in [-0.39, 0.29) is 107 Å². The molecule has 0 bridgehead atoms. The third kappa shape index (κ3) is 10.6. The number of fused-ring (bicyclic) bond motifs is 18. The zero-order valence-electron chi connectivity index (χ0n) is 107. The maximum atomic E-state index is 9.59. The van der Waals surface area contributed by atoms with Crippen molar-refractivity contribution in [2.24, 2.45) is 32.9 Å². The first kappa shape index (κ1) is 36.2. The lowest BCUT2D eigenvalue weighted by atomic mass is 9.64. The molecule has 0 fully saturated rings. The number of hydrogen-bond donors (Lipinski definition) is 0. The lowest BCUT2D eigenvalue weighted by molar-refractivity contribution is -0.661. The number of aryl methyl sites for hydroxylation is 9. The van der Waals surface area contributed by atoms with Gasteiger partial charge in [0.15, 0.2) is 35.3 Å². The fourth-order valence-electron chi connectivity index (χ4n) is 16.4. The van der Waals surface area contributed by atoms with Gasteiger partial charge < -0.3 is 13.3 Å². The van der Waals surface area contributed by atoms with E-state index in [0.29, 0.717) is 105 Å². The molecular weight excluding hydrogens is 1320 g/mol. The second-order valence-electron chi connectivity index (χ2n) is 28.4. The van der Waals surface area contributed by atoms with Gasteiger partial charge in [-0.1, -0.05) is 205 Å². The molecule has 15 aromatic rings. The monoisotopic (exact) mass is 1470 g/mol. The van der Waals surface area contributed by atoms with Crippen LogP contribution in [0.2, 0.25) is 0 Å². The van der Waals surface area contributed by atoms with Gasteiger partial charge in [0.2, 0.25) is 34.2 Å². The van der Waals surface area contributed by atoms with Gasteiger partial charge >= 0.3 is 0 Å². The van der Waals surface area contributed by atoms with Gasteiger partial charge in [0.05, 0.1) is 33.8 Å². The van der Waals surface area contributed by atoms with Crippen LogP contribution in [0.4, 0.5) is 0 Å². The predicted molar refractivity (Wildman–Crippen MR) is 445 cm³/mol. The minimum atomic E-state index is -3.70. The van der Waals surface area contributed by atoms with Gasteiger partial charge in [-0.2, -0.15) is 0 Å². The van der Waals surface area contributed by atoms with Crippen molar-refractivity contribution in [2.75, 3.05) is 0 Å². The van der Waals surface area contributed by atoms with E-state index in [1.54, 1.807) is 131 Å². The zero-order chi connectivity index (χ0) is 115. The topological polar surface area (TPSA) is 89.7 Å². The van der Waals surface area contributed by atoms with Crippen molar-refractivity contribution in [1.82, 2.24) is 15.0 Å². The summed E-state index contributed by atoms with van der Waals surface area (Å²) in [6.45, 7) is -30.1. The van der Waals surface area contributed by atoms with Crippen molar-refractivity contribution in [3.05, 3.63) is 248 Å². The Hall–Kier alpha value is -10.4. The maximum Gasteiger partial charge on any atom is 0.227 e. The third-order valence-electron chi connectivity index (χ3n) is 21.8. The van der Waals surface area contributed by atoms with Crippen molar-refractivity contribution in [1.29, 1.82) is 0 Å². The van der Waals surface area contributed by atoms with Gasteiger partial charge in [0.1, 0.15) is 21.1 Å². The first-order valence-corrected chi connectivity index (χ1v) is 34.9. The first-order chi connectivity index (χ1) is 69.8. The summed E-state index contributed by atoms with van der Waals surface area (Å²) in [5, 5.41) is 2.82. The molecule has 6 atom stereocenters. The highest BCUT2D eigenvalue weighted by atomic mass is 16.3. The number of aromatic nitrogens is 6. The lowest BCUT2D eigenvalue weighted by Gasteiger charge is -2.39. The average molecular weight is 1470 g/mol. The summed E-state index contributed by atoms with van der Waals surface area (Å²) >= 11 is 0. The second-order valence-corrected chi connectivity index (χ2v) is 28.4. The van der Waals surface area contributed by atoms with Gasteiger partial charge in [-0.3, -0.25) is 0 Å². The number of hydrogen-bond acceptors (Lipinski definition) is 6. The molecule has 0 spiro atoms. The quantitative estimate of drug-likeness (QED) is 0.127. The largest absolute Gasteiger partial charge is 0.437 e. The van der Waals surface area contributed by atoms with E-state index in [0.717, 1.165) is 27.7 Å². The summed E-state index contributed by atoms with van der Waals surface area (Å²) in [7, 11) is 4.77. The molecule has 0 saturated carbocycles. The lowest BCUT2D eigenvalue weighted by Crippen LogP contribution is -2.38. The normalized spacial score (nSPS) is 26.2. The Balaban J connectivity index is 0.000000164. The maximum absolute atomic E-state index is 9.59. The minimum Gasteiger partial charge on any atom is -0.437 e. The molecule has 546 valence electrons. The van der Waals surface area contributed by atoms with E-state index >= 15 is 0 Å². The predicted octanol–water partition coefficient (Wildman–Crippen LogP) is 24.6. The molecular formula is C99H105N6O3+3. The van der Waals surface area contributed by atoms with E-state index in [1.807, 2.05) is 6.07 Å². The van der Waals surface area contributed by atoms with Gasteiger partial charge in [-0.15, -0.1) is 0 Å². The molecule has 9 heterocycles. The molecule has 3 aliphatic carbocycles. The smallest absolute Gasteiger partial charge is 0.227 e. The summed E-state index contributed by atoms with van der Waals surface area (Å²) in [5.41, 5.74) is -3.14. The summed E-state index contributed by atoms with van der Waals surface area (Å²) in [4.78, 5) is 14.1. The number of pyridine rings is 6. The average Bonchev–Trinajstić information content (AvgIpc) is 1.45. The summed E-state index contributed by atoms with van der Waals surface area (Å²) in [5.74, 6) is -13.4. The van der Waals surface area contributed by atoms with Crippen LogP contribution >= 0.6 is 0 Å². The van der Waals surface area contributed by atoms with Crippen LogP contribution in [0.5, 0.6) is 0 Å². The Kier molecular flexibility index (Phi) is 8.79. The van der Waals surface area contributed by atoms with Crippen LogP contribution in [0.15, 0.2) is 177 Å². The van der Waals surface area contributed by atoms with Crippen LogP contribution < -0.4 is 13.7 Å². The molecule has 9 aromatic heterocycles. The molecule has 18 rings (SSSR count). The molecule has 3 aliphatic rings. The number of nitrogens with zero attached hydrogens (tertiary/aromatic N) is 6. The third-order valence-corrected chi connectivity index (χ3v) is 21.8. The molecule has 9 nitrogen and oxygen atoms in total. The van der Waals surface area contributed by atoms with Crippen molar-refractivity contribution >= 4 is 66.2 Å². The van der Waals surface area contributed by atoms with E-state index < -0.39 is 153 Å². The van der Waals surface area contributed by atoms with Crippen LogP contribution in [0.25, 0.3) is 133 Å². The molecule has 0 N–H and O–H groups in total. The Morgan fingerprint density at radius 1 is 0.407 bits per heavy atom. The molecule has 0 aliphatic heterocycles. The molecule has 6 unspecified atom stereocenters. The van der Waals surface area contributed by atoms with Crippen LogP contribution in [0, 0.1) is 53.1 Å². The minimum absolute atomic E-state index is 0.00716. The Labute approximate surface area is 702 Å². The molecule has 0 radical (unpaired) electrons. The fraction of sp³-hybridized carbons (Fsp3) is 0.333. The van der Waals surface area contributed by atoms with E-state index in [9.17, 15) is 2.74 Å². The van der Waals surface area contributed by atoms with Crippen LogP contribution in [-0.2, 0) is 37.4 Å². The summed E-state index contributed by atoms with van der Waals surface area (Å²) < 4.78 is 410. The highest BCUT2D eigenvalue weighted by Crippen LogP contribution is 2.58. The zero-order valence-corrected chi connectivity index (χ0v) is 60.7. The number of benzene rings is 6. The van der Waals surface area contributed by atoms with Crippen molar-refractivity contribution in [2.45, 2.75) is 184 Å². The van der Waals surface area contributed by atoms with Gasteiger partial charge in [0, 0.05) is 163 Å². The molecule has 0 amide bonds. The Bertz CT molecular complexity index is 8210. The van der Waals surface area contributed by atoms with Crippen molar-refractivity contribution in [3.63, 3.8) is 0 Å². The van der Waals surface area contributed by atoms with E-state index in [1.165, 1.54) is 82.3 Å². The van der Waals surface area contributed by atoms with Gasteiger partial charge in [0.25, 0.3) is 0 Å². The first-order valence-electron chi connectivity index (χ1n) is 57.9. The Morgan fingerprint density at radius 3 is 1.21 bits per heavy atom. The Morgan fingerprint density at radius 2 is 0.796 bits per heavy atom. The van der Waals surface area contributed by atoms with Gasteiger partial charge in [-0.25, -0.2) is 28.7 Å². The van der Waals surface area contributed by atoms with E-state index in [2.05, 4.69) is 4.98 Å². The van der Waals surface area contributed by atoms with Crippen molar-refractivity contribution < 1.29 is 90.0 Å². The standard InChI is InChI=1S/C35H39N2O.C33H35N2O.C31H31N2O/c1-19(2)28-18-37(9)30(16-23(28)8)31-22(7)14-15-25-27-17-26-24-12-10-11-13-29(24)35(20(3)4,21(5)6)33(26)36-34(27)38-32(25)31;1-8-33(9-2)27-13-11-10-12-22(27)24-17-25-23-15-14-20(5)29(30(23)36-32(25)34-31(24)33)28-16-21(6)26(19(3)4)18-35(28)7;1-17(2)24-16-33(7)26(14-19(24)4)27-18(3)12-13-21-23-15-22-20-10-8-9-11-25(20)31(5,6)29(22)32-30(23)34-28(21)27/h10-21H,1-9H3;10-19H,8-9H2,1-7H3;8-17H,1-7H3/q3*+1/i1D3,3D3,4D3,5D3,8D3,19D,20D,21D;1D3,2D3,3D3,6D3,8D2,19D;1D3,4D3,5D3,6D3,17D. The van der Waals surface area contributed by atoms with Gasteiger partial charge in [-0.05, 0) is 169 Å². The highest BCUT2D eigenvalue weighted by Gasteiger charge is 2.50. The number of rotatable bonds is 10. The van der Waals surface area contributed by atoms with Crippen molar-refractivity contribution in [3.8, 4) is 67.2 Å². The molecule has 0 saturated heterocycles. The van der Waals surface area contributed by atoms with E-state index in [4.69, 9.17) is 83.5 Å². The fourth-order valence-corrected chi connectivity index (χ4v) is 16.4. The van der Waals surface area contributed by atoms with Crippen LogP contribution in [-0.4, -0.2) is 15.0 Å². The summed E-state index contributed by atoms with van der Waals surface area (Å²) in [6.07, 6.45) is 0.0240. The second kappa shape index (κ2) is 26.2.